The molecule has 164 valence electrons. The number of nitrogens with zero attached hydrogens (tertiary/aromatic N) is 4. The van der Waals surface area contributed by atoms with Crippen LogP contribution in [0.15, 0.2) is 52.2 Å². The van der Waals surface area contributed by atoms with Crippen LogP contribution in [0.1, 0.15) is 44.8 Å². The van der Waals surface area contributed by atoms with Crippen LogP contribution in [-0.2, 0) is 11.3 Å². The van der Waals surface area contributed by atoms with Gasteiger partial charge >= 0.3 is 0 Å². The smallest absolute Gasteiger partial charge is 0.233 e. The lowest BCUT2D eigenvalue weighted by Gasteiger charge is -2.33. The first kappa shape index (κ1) is 22.0. The normalized spacial score (nSPS) is 14.6. The van der Waals surface area contributed by atoms with Crippen LogP contribution in [0.4, 0.5) is 0 Å². The van der Waals surface area contributed by atoms with Gasteiger partial charge < -0.3 is 9.32 Å². The largest absolute Gasteiger partial charge is 0.467 e. The number of hydrogen-bond acceptors (Lipinski definition) is 5. The van der Waals surface area contributed by atoms with Crippen LogP contribution in [0, 0.1) is 0 Å². The molecule has 1 fully saturated rings. The quantitative estimate of drug-likeness (QED) is 0.416. The SMILES string of the molecule is CCN(C(=O)CSc1nnc(-c2ccc(Cl)cc2)n1Cc1ccco1)C1CCCCC1. The predicted molar refractivity (Wildman–Crippen MR) is 123 cm³/mol. The van der Waals surface area contributed by atoms with Gasteiger partial charge in [0.15, 0.2) is 11.0 Å². The first-order valence-corrected chi connectivity index (χ1v) is 12.2. The highest BCUT2D eigenvalue weighted by Gasteiger charge is 2.25. The fourth-order valence-corrected chi connectivity index (χ4v) is 5.10. The minimum atomic E-state index is 0.167. The Morgan fingerprint density at radius 2 is 1.97 bits per heavy atom. The van der Waals surface area contributed by atoms with Gasteiger partial charge in [-0.15, -0.1) is 10.2 Å². The zero-order valence-electron chi connectivity index (χ0n) is 17.7. The molecular formula is C23H27ClN4O2S. The average Bonchev–Trinajstić information content (AvgIpc) is 3.45. The van der Waals surface area contributed by atoms with Crippen LogP contribution in [0.3, 0.4) is 0 Å². The summed E-state index contributed by atoms with van der Waals surface area (Å²) in [5, 5.41) is 10.2. The van der Waals surface area contributed by atoms with Crippen LogP contribution in [0.25, 0.3) is 11.4 Å². The van der Waals surface area contributed by atoms with E-state index in [2.05, 4.69) is 17.1 Å². The summed E-state index contributed by atoms with van der Waals surface area (Å²) in [5.74, 6) is 2.05. The molecule has 1 amide bonds. The molecule has 2 aromatic heterocycles. The van der Waals surface area contributed by atoms with E-state index in [0.717, 1.165) is 36.5 Å². The fourth-order valence-electron chi connectivity index (χ4n) is 4.15. The molecule has 0 unspecified atom stereocenters. The molecule has 2 heterocycles. The molecule has 8 heteroatoms. The Balaban J connectivity index is 1.53. The van der Waals surface area contributed by atoms with Crippen LogP contribution in [0.2, 0.25) is 5.02 Å². The third kappa shape index (κ3) is 5.33. The average molecular weight is 459 g/mol. The van der Waals surface area contributed by atoms with Crippen molar-refractivity contribution in [3.63, 3.8) is 0 Å². The molecule has 1 aromatic carbocycles. The first-order chi connectivity index (χ1) is 15.2. The summed E-state index contributed by atoms with van der Waals surface area (Å²) in [6.45, 7) is 3.31. The van der Waals surface area contributed by atoms with E-state index in [-0.39, 0.29) is 5.91 Å². The van der Waals surface area contributed by atoms with E-state index in [1.54, 1.807) is 6.26 Å². The summed E-state index contributed by atoms with van der Waals surface area (Å²) >= 11 is 7.48. The van der Waals surface area contributed by atoms with Crippen molar-refractivity contribution in [1.82, 2.24) is 19.7 Å². The van der Waals surface area contributed by atoms with Crippen molar-refractivity contribution >= 4 is 29.3 Å². The number of thioether (sulfide) groups is 1. The highest BCUT2D eigenvalue weighted by molar-refractivity contribution is 7.99. The van der Waals surface area contributed by atoms with Gasteiger partial charge in [-0.25, -0.2) is 0 Å². The molecule has 0 aliphatic heterocycles. The Hall–Kier alpha value is -2.25. The zero-order valence-corrected chi connectivity index (χ0v) is 19.2. The second kappa shape index (κ2) is 10.4. The topological polar surface area (TPSA) is 64.2 Å². The minimum Gasteiger partial charge on any atom is -0.467 e. The number of hydrogen-bond donors (Lipinski definition) is 0. The summed E-state index contributed by atoms with van der Waals surface area (Å²) in [6.07, 6.45) is 7.58. The van der Waals surface area contributed by atoms with Gasteiger partial charge in [0.2, 0.25) is 5.91 Å². The standard InChI is InChI=1S/C23H27ClN4O2S/c1-2-27(19-7-4-3-5-8-19)21(29)16-31-23-26-25-22(17-10-12-18(24)13-11-17)28(23)15-20-9-6-14-30-20/h6,9-14,19H,2-5,7-8,15-16H2,1H3. The number of rotatable bonds is 8. The van der Waals surface area contributed by atoms with E-state index >= 15 is 0 Å². The van der Waals surface area contributed by atoms with Gasteiger partial charge in [0, 0.05) is 23.2 Å². The number of benzene rings is 1. The summed E-state index contributed by atoms with van der Waals surface area (Å²) in [6, 6.07) is 11.7. The third-order valence-electron chi connectivity index (χ3n) is 5.71. The van der Waals surface area contributed by atoms with Gasteiger partial charge in [-0.1, -0.05) is 42.6 Å². The van der Waals surface area contributed by atoms with Crippen molar-refractivity contribution in [2.24, 2.45) is 0 Å². The van der Waals surface area contributed by atoms with Crippen LogP contribution < -0.4 is 0 Å². The lowest BCUT2D eigenvalue weighted by molar-refractivity contribution is -0.131. The van der Waals surface area contributed by atoms with Crippen LogP contribution >= 0.6 is 23.4 Å². The molecule has 0 radical (unpaired) electrons. The van der Waals surface area contributed by atoms with E-state index < -0.39 is 0 Å². The van der Waals surface area contributed by atoms with Gasteiger partial charge in [0.05, 0.1) is 18.6 Å². The second-order valence-corrected chi connectivity index (χ2v) is 9.12. The van der Waals surface area contributed by atoms with Gasteiger partial charge in [-0.05, 0) is 56.2 Å². The molecular weight excluding hydrogens is 432 g/mol. The van der Waals surface area contributed by atoms with Crippen molar-refractivity contribution < 1.29 is 9.21 Å². The Morgan fingerprint density at radius 1 is 1.19 bits per heavy atom. The van der Waals surface area contributed by atoms with Crippen molar-refractivity contribution in [1.29, 1.82) is 0 Å². The lowest BCUT2D eigenvalue weighted by atomic mass is 9.94. The number of aromatic nitrogens is 3. The molecule has 6 nitrogen and oxygen atoms in total. The number of carbonyl (C=O) groups is 1. The van der Waals surface area contributed by atoms with E-state index in [1.807, 2.05) is 45.9 Å². The highest BCUT2D eigenvalue weighted by Crippen LogP contribution is 2.28. The van der Waals surface area contributed by atoms with Gasteiger partial charge in [-0.2, -0.15) is 0 Å². The minimum absolute atomic E-state index is 0.167. The highest BCUT2D eigenvalue weighted by atomic mass is 35.5. The van der Waals surface area contributed by atoms with E-state index in [0.29, 0.717) is 28.5 Å². The summed E-state index contributed by atoms with van der Waals surface area (Å²) in [5.41, 5.74) is 0.916. The maximum absolute atomic E-state index is 13.0. The maximum atomic E-state index is 13.0. The molecule has 0 bridgehead atoms. The fraction of sp³-hybridized carbons (Fsp3) is 0.435. The van der Waals surface area contributed by atoms with Crippen molar-refractivity contribution in [3.05, 3.63) is 53.4 Å². The second-order valence-electron chi connectivity index (χ2n) is 7.74. The molecule has 3 aromatic rings. The molecule has 31 heavy (non-hydrogen) atoms. The lowest BCUT2D eigenvalue weighted by Crippen LogP contribution is -2.42. The first-order valence-electron chi connectivity index (χ1n) is 10.8. The molecule has 0 spiro atoms. The van der Waals surface area contributed by atoms with Crippen LogP contribution in [0.5, 0.6) is 0 Å². The van der Waals surface area contributed by atoms with E-state index in [9.17, 15) is 4.79 Å². The van der Waals surface area contributed by atoms with Crippen molar-refractivity contribution in [2.75, 3.05) is 12.3 Å². The molecule has 4 rings (SSSR count). The monoisotopic (exact) mass is 458 g/mol. The van der Waals surface area contributed by atoms with E-state index in [1.165, 1.54) is 31.0 Å². The Morgan fingerprint density at radius 3 is 2.65 bits per heavy atom. The Kier molecular flexibility index (Phi) is 7.35. The summed E-state index contributed by atoms with van der Waals surface area (Å²) in [4.78, 5) is 15.0. The zero-order chi connectivity index (χ0) is 21.6. The van der Waals surface area contributed by atoms with Gasteiger partial charge in [0.1, 0.15) is 5.76 Å². The molecule has 1 saturated carbocycles. The van der Waals surface area contributed by atoms with Crippen molar-refractivity contribution in [3.8, 4) is 11.4 Å². The number of carbonyl (C=O) groups excluding carboxylic acids is 1. The van der Waals surface area contributed by atoms with Gasteiger partial charge in [0.25, 0.3) is 0 Å². The molecule has 0 saturated heterocycles. The number of halogens is 1. The number of amides is 1. The van der Waals surface area contributed by atoms with E-state index in [4.69, 9.17) is 16.0 Å². The number of furan rings is 1. The molecule has 1 aliphatic rings. The predicted octanol–water partition coefficient (Wildman–Crippen LogP) is 5.51. The Bertz CT molecular complexity index is 982. The summed E-state index contributed by atoms with van der Waals surface area (Å²) in [7, 11) is 0. The Labute approximate surface area is 192 Å². The third-order valence-corrected chi connectivity index (χ3v) is 6.92. The molecule has 0 atom stereocenters. The van der Waals surface area contributed by atoms with Crippen LogP contribution in [-0.4, -0.2) is 43.9 Å². The maximum Gasteiger partial charge on any atom is 0.233 e. The summed E-state index contributed by atoms with van der Waals surface area (Å²) < 4.78 is 7.55. The molecule has 1 aliphatic carbocycles. The van der Waals surface area contributed by atoms with Gasteiger partial charge in [-0.3, -0.25) is 9.36 Å². The van der Waals surface area contributed by atoms with Crippen molar-refractivity contribution in [2.45, 2.75) is 56.8 Å². The molecule has 0 N–H and O–H groups in total.